The fourth-order valence-electron chi connectivity index (χ4n) is 1.88. The molecule has 3 heteroatoms. The van der Waals surface area contributed by atoms with E-state index in [0.717, 1.165) is 13.2 Å². The molecule has 0 saturated carbocycles. The first-order chi connectivity index (χ1) is 8.08. The van der Waals surface area contributed by atoms with E-state index in [-0.39, 0.29) is 0 Å². The number of hydrogen-bond acceptors (Lipinski definition) is 3. The lowest BCUT2D eigenvalue weighted by molar-refractivity contribution is -0.0127. The Balaban J connectivity index is 2.11. The molecule has 0 amide bonds. The molecule has 0 spiro atoms. The van der Waals surface area contributed by atoms with Crippen LogP contribution in [-0.2, 0) is 4.84 Å². The molecular formula is C14H28N2O. The molecule has 1 rings (SSSR count). The maximum atomic E-state index is 5.49. The summed E-state index contributed by atoms with van der Waals surface area (Å²) in [6, 6.07) is 0.539. The van der Waals surface area contributed by atoms with Crippen molar-refractivity contribution in [2.24, 2.45) is 5.92 Å². The lowest BCUT2D eigenvalue weighted by Crippen LogP contribution is -2.42. The number of piperidine rings is 1. The molecule has 3 nitrogen and oxygen atoms in total. The van der Waals surface area contributed by atoms with Gasteiger partial charge >= 0.3 is 0 Å². The van der Waals surface area contributed by atoms with Crippen LogP contribution in [0.4, 0.5) is 0 Å². The number of hydrogen-bond donors (Lipinski definition) is 1. The molecule has 17 heavy (non-hydrogen) atoms. The van der Waals surface area contributed by atoms with Crippen LogP contribution in [0.2, 0.25) is 0 Å². The standard InChI is InChI=1S/C14H28N2O/c1-12(2)5-8-16-9-6-14(7-10-16)15-17-11-13(3)4/h5,13-15H,6-11H2,1-4H3. The summed E-state index contributed by atoms with van der Waals surface area (Å²) < 4.78 is 0. The second kappa shape index (κ2) is 7.85. The summed E-state index contributed by atoms with van der Waals surface area (Å²) in [6.07, 6.45) is 4.69. The van der Waals surface area contributed by atoms with Crippen molar-refractivity contribution in [3.63, 3.8) is 0 Å². The summed E-state index contributed by atoms with van der Waals surface area (Å²) in [5.41, 5.74) is 4.60. The molecule has 1 aliphatic rings. The normalized spacial score (nSPS) is 18.6. The smallest absolute Gasteiger partial charge is 0.0705 e. The third kappa shape index (κ3) is 6.81. The van der Waals surface area contributed by atoms with Gasteiger partial charge < -0.3 is 4.84 Å². The topological polar surface area (TPSA) is 24.5 Å². The molecule has 1 N–H and O–H groups in total. The SMILES string of the molecule is CC(C)=CCN1CCC(NOCC(C)C)CC1. The number of hydroxylamine groups is 1. The highest BCUT2D eigenvalue weighted by Gasteiger charge is 2.18. The van der Waals surface area contributed by atoms with Crippen LogP contribution in [0.1, 0.15) is 40.5 Å². The third-order valence-electron chi connectivity index (χ3n) is 3.01. The number of nitrogens with one attached hydrogen (secondary N) is 1. The first-order valence-corrected chi connectivity index (χ1v) is 6.81. The minimum absolute atomic E-state index is 0.539. The van der Waals surface area contributed by atoms with Gasteiger partial charge in [0.1, 0.15) is 0 Å². The highest BCUT2D eigenvalue weighted by atomic mass is 16.6. The van der Waals surface area contributed by atoms with Gasteiger partial charge in [-0.25, -0.2) is 0 Å². The van der Waals surface area contributed by atoms with E-state index in [9.17, 15) is 0 Å². The van der Waals surface area contributed by atoms with Gasteiger partial charge in [-0.3, -0.25) is 4.90 Å². The predicted molar refractivity (Wildman–Crippen MR) is 72.8 cm³/mol. The van der Waals surface area contributed by atoms with Crippen molar-refractivity contribution in [3.05, 3.63) is 11.6 Å². The molecule has 1 aliphatic heterocycles. The van der Waals surface area contributed by atoms with Crippen molar-refractivity contribution in [3.8, 4) is 0 Å². The van der Waals surface area contributed by atoms with Crippen LogP contribution >= 0.6 is 0 Å². The van der Waals surface area contributed by atoms with Crippen molar-refractivity contribution in [1.29, 1.82) is 0 Å². The first-order valence-electron chi connectivity index (χ1n) is 6.81. The molecule has 0 bridgehead atoms. The van der Waals surface area contributed by atoms with Gasteiger partial charge in [-0.2, -0.15) is 5.48 Å². The first kappa shape index (κ1) is 14.7. The van der Waals surface area contributed by atoms with Gasteiger partial charge in [0.2, 0.25) is 0 Å². The van der Waals surface area contributed by atoms with Crippen LogP contribution in [0.3, 0.4) is 0 Å². The maximum absolute atomic E-state index is 5.49. The molecule has 0 unspecified atom stereocenters. The quantitative estimate of drug-likeness (QED) is 0.570. The van der Waals surface area contributed by atoms with Crippen molar-refractivity contribution in [2.45, 2.75) is 46.6 Å². The van der Waals surface area contributed by atoms with E-state index < -0.39 is 0 Å². The van der Waals surface area contributed by atoms with E-state index in [1.54, 1.807) is 0 Å². The van der Waals surface area contributed by atoms with Gasteiger partial charge in [-0.1, -0.05) is 25.5 Å². The number of rotatable bonds is 6. The summed E-state index contributed by atoms with van der Waals surface area (Å²) in [5.74, 6) is 0.597. The average Bonchev–Trinajstić information content (AvgIpc) is 2.27. The number of likely N-dealkylation sites (tertiary alicyclic amines) is 1. The van der Waals surface area contributed by atoms with Crippen molar-refractivity contribution >= 4 is 0 Å². The highest BCUT2D eigenvalue weighted by molar-refractivity contribution is 4.95. The lowest BCUT2D eigenvalue weighted by Gasteiger charge is -2.31. The van der Waals surface area contributed by atoms with Crippen molar-refractivity contribution in [2.75, 3.05) is 26.2 Å². The Hall–Kier alpha value is -0.380. The van der Waals surface area contributed by atoms with Gasteiger partial charge in [0, 0.05) is 25.7 Å². The molecule has 0 aromatic rings. The van der Waals surface area contributed by atoms with Crippen LogP contribution < -0.4 is 5.48 Å². The van der Waals surface area contributed by atoms with Gasteiger partial charge in [-0.05, 0) is 32.6 Å². The minimum atomic E-state index is 0.539. The Labute approximate surface area is 106 Å². The molecule has 0 aromatic carbocycles. The molecule has 1 fully saturated rings. The summed E-state index contributed by atoms with van der Waals surface area (Å²) in [6.45, 7) is 12.9. The third-order valence-corrected chi connectivity index (χ3v) is 3.01. The second-order valence-corrected chi connectivity index (χ2v) is 5.68. The molecule has 1 heterocycles. The van der Waals surface area contributed by atoms with E-state index in [2.05, 4.69) is 44.2 Å². The van der Waals surface area contributed by atoms with Gasteiger partial charge in [0.25, 0.3) is 0 Å². The molecule has 0 radical (unpaired) electrons. The number of allylic oxidation sites excluding steroid dienone is 1. The Morgan fingerprint density at radius 1 is 1.35 bits per heavy atom. The highest BCUT2D eigenvalue weighted by Crippen LogP contribution is 2.10. The molecule has 100 valence electrons. The maximum Gasteiger partial charge on any atom is 0.0705 e. The van der Waals surface area contributed by atoms with Crippen molar-refractivity contribution in [1.82, 2.24) is 10.4 Å². The van der Waals surface area contributed by atoms with Gasteiger partial charge in [-0.15, -0.1) is 0 Å². The average molecular weight is 240 g/mol. The summed E-state index contributed by atoms with van der Waals surface area (Å²) in [5, 5.41) is 0. The molecule has 0 atom stereocenters. The Bertz CT molecular complexity index is 226. The lowest BCUT2D eigenvalue weighted by atomic mass is 10.1. The van der Waals surface area contributed by atoms with E-state index in [1.807, 2.05) is 0 Å². The second-order valence-electron chi connectivity index (χ2n) is 5.68. The Morgan fingerprint density at radius 2 is 2.00 bits per heavy atom. The van der Waals surface area contributed by atoms with Gasteiger partial charge in [0.05, 0.1) is 6.61 Å². The van der Waals surface area contributed by atoms with Crippen LogP contribution in [0, 0.1) is 5.92 Å². The molecule has 0 aliphatic carbocycles. The van der Waals surface area contributed by atoms with E-state index in [1.165, 1.54) is 31.5 Å². The fourth-order valence-corrected chi connectivity index (χ4v) is 1.88. The molecule has 1 saturated heterocycles. The zero-order valence-electron chi connectivity index (χ0n) is 11.8. The van der Waals surface area contributed by atoms with Crippen molar-refractivity contribution < 1.29 is 4.84 Å². The van der Waals surface area contributed by atoms with Crippen LogP contribution in [-0.4, -0.2) is 37.2 Å². The summed E-state index contributed by atoms with van der Waals surface area (Å²) in [4.78, 5) is 8.00. The molecular weight excluding hydrogens is 212 g/mol. The van der Waals surface area contributed by atoms with E-state index in [0.29, 0.717) is 12.0 Å². The zero-order valence-corrected chi connectivity index (χ0v) is 11.8. The summed E-state index contributed by atoms with van der Waals surface area (Å²) >= 11 is 0. The number of nitrogens with zero attached hydrogens (tertiary/aromatic N) is 1. The molecule has 0 aromatic heterocycles. The largest absolute Gasteiger partial charge is 0.301 e. The van der Waals surface area contributed by atoms with Crippen LogP contribution in [0.25, 0.3) is 0 Å². The summed E-state index contributed by atoms with van der Waals surface area (Å²) in [7, 11) is 0. The Kier molecular flexibility index (Phi) is 6.78. The zero-order chi connectivity index (χ0) is 12.7. The monoisotopic (exact) mass is 240 g/mol. The van der Waals surface area contributed by atoms with Crippen LogP contribution in [0.15, 0.2) is 11.6 Å². The minimum Gasteiger partial charge on any atom is -0.301 e. The Morgan fingerprint density at radius 3 is 2.53 bits per heavy atom. The van der Waals surface area contributed by atoms with E-state index in [4.69, 9.17) is 4.84 Å². The van der Waals surface area contributed by atoms with E-state index >= 15 is 0 Å². The fraction of sp³-hybridized carbons (Fsp3) is 0.857. The predicted octanol–water partition coefficient (Wildman–Crippen LogP) is 2.59. The van der Waals surface area contributed by atoms with Gasteiger partial charge in [0.15, 0.2) is 0 Å². The van der Waals surface area contributed by atoms with Crippen LogP contribution in [0.5, 0.6) is 0 Å².